The number of benzene rings is 1. The lowest BCUT2D eigenvalue weighted by Crippen LogP contribution is -2.36. The molecule has 288 valence electrons. The van der Waals surface area contributed by atoms with Crippen molar-refractivity contribution in [3.05, 3.63) is 29.8 Å². The maximum atomic E-state index is 12.2. The third-order valence-corrected chi connectivity index (χ3v) is 12.3. The van der Waals surface area contributed by atoms with E-state index >= 15 is 0 Å². The predicted octanol–water partition coefficient (Wildman–Crippen LogP) is 1.40. The summed E-state index contributed by atoms with van der Waals surface area (Å²) in [6.45, 7) is 3.62. The Morgan fingerprint density at radius 1 is 1.18 bits per heavy atom. The first-order valence-corrected chi connectivity index (χ1v) is 22.8. The van der Waals surface area contributed by atoms with E-state index in [4.69, 9.17) is 34.2 Å². The zero-order valence-corrected chi connectivity index (χ0v) is 33.3. The summed E-state index contributed by atoms with van der Waals surface area (Å²) in [5, 5.41) is 13.4. The van der Waals surface area contributed by atoms with Gasteiger partial charge in [0.2, 0.25) is 13.2 Å². The van der Waals surface area contributed by atoms with Crippen LogP contribution in [0.5, 0.6) is 5.75 Å². The number of rotatable bonds is 25. The number of nitrogens with one attached hydrogen (secondary N) is 2. The molecule has 2 unspecified atom stereocenters. The van der Waals surface area contributed by atoms with Gasteiger partial charge in [0.05, 0.1) is 39.1 Å². The monoisotopic (exact) mass is 813 g/mol. The van der Waals surface area contributed by atoms with Crippen LogP contribution in [0, 0.1) is 11.7 Å². The lowest BCUT2D eigenvalue weighted by atomic mass is 9.71. The Labute approximate surface area is 316 Å². The number of ether oxygens (including phenoxy) is 6. The first-order valence-electron chi connectivity index (χ1n) is 16.0. The molecule has 0 radical (unpaired) electrons. The average Bonchev–Trinajstić information content (AvgIpc) is 3.48. The maximum absolute atomic E-state index is 12.2. The number of hydrogen-bond donors (Lipinski definition) is 6. The van der Waals surface area contributed by atoms with Crippen molar-refractivity contribution in [2.75, 3.05) is 71.8 Å². The second kappa shape index (κ2) is 25.0. The minimum Gasteiger partial charge on any atom is -0.490 e. The molecular formula is C30H49BN3O12PS4. The molecule has 7 N–H and O–H groups in total. The lowest BCUT2D eigenvalue weighted by molar-refractivity contribution is -0.126. The van der Waals surface area contributed by atoms with Crippen LogP contribution in [-0.2, 0) is 33.0 Å². The molecule has 0 spiro atoms. The summed E-state index contributed by atoms with van der Waals surface area (Å²) in [7, 11) is 1.60. The molecule has 2 rings (SSSR count). The Hall–Kier alpha value is -1.15. The van der Waals surface area contributed by atoms with Gasteiger partial charge in [-0.3, -0.25) is 14.2 Å². The molecule has 1 heterocycles. The van der Waals surface area contributed by atoms with Crippen LogP contribution >= 0.6 is 50.8 Å². The summed E-state index contributed by atoms with van der Waals surface area (Å²) in [6.07, 6.45) is 3.12. The Bertz CT molecular complexity index is 1310. The molecule has 1 aliphatic rings. The molecule has 1 aromatic carbocycles. The third kappa shape index (κ3) is 18.2. The van der Waals surface area contributed by atoms with Gasteiger partial charge < -0.3 is 59.7 Å². The van der Waals surface area contributed by atoms with E-state index in [0.717, 1.165) is 0 Å². The van der Waals surface area contributed by atoms with Gasteiger partial charge in [-0.2, -0.15) is 5.82 Å². The zero-order valence-electron chi connectivity index (χ0n) is 29.1. The van der Waals surface area contributed by atoms with Crippen LogP contribution in [0.25, 0.3) is 0 Å². The van der Waals surface area contributed by atoms with Crippen molar-refractivity contribution in [3.8, 4) is 17.5 Å². The summed E-state index contributed by atoms with van der Waals surface area (Å²) in [6, 6.07) is 6.50. The van der Waals surface area contributed by atoms with E-state index in [1.165, 1.54) is 57.0 Å². The first-order chi connectivity index (χ1) is 24.3. The van der Waals surface area contributed by atoms with Crippen LogP contribution in [0.4, 0.5) is 0 Å². The molecule has 1 saturated heterocycles. The predicted molar refractivity (Wildman–Crippen MR) is 205 cm³/mol. The van der Waals surface area contributed by atoms with Gasteiger partial charge in [-0.05, 0) is 51.0 Å². The number of aliphatic hydroxyl groups is 1. The van der Waals surface area contributed by atoms with Crippen molar-refractivity contribution >= 4 is 69.9 Å². The van der Waals surface area contributed by atoms with Gasteiger partial charge in [0.25, 0.3) is 5.91 Å². The molecule has 0 aromatic heterocycles. The van der Waals surface area contributed by atoms with E-state index in [9.17, 15) is 29.0 Å². The van der Waals surface area contributed by atoms with Crippen molar-refractivity contribution < 1.29 is 57.5 Å². The van der Waals surface area contributed by atoms with Gasteiger partial charge in [0, 0.05) is 24.7 Å². The van der Waals surface area contributed by atoms with Crippen LogP contribution in [0.15, 0.2) is 24.3 Å². The summed E-state index contributed by atoms with van der Waals surface area (Å²) < 4.78 is 46.5. The zero-order chi connectivity index (χ0) is 37.7. The number of hydrogen-bond acceptors (Lipinski definition) is 15. The Kier molecular flexibility index (Phi) is 22.6. The molecule has 2 amide bonds. The number of carbonyl (C=O) groups excluding carboxylic acids is 2. The van der Waals surface area contributed by atoms with Crippen molar-refractivity contribution in [1.82, 2.24) is 10.6 Å². The molecule has 5 atom stereocenters. The molecular weight excluding hydrogens is 764 g/mol. The van der Waals surface area contributed by atoms with E-state index in [1.54, 1.807) is 24.3 Å². The van der Waals surface area contributed by atoms with Crippen LogP contribution < -0.4 is 21.1 Å². The van der Waals surface area contributed by atoms with Crippen molar-refractivity contribution in [1.29, 1.82) is 0 Å². The van der Waals surface area contributed by atoms with Crippen LogP contribution in [0.1, 0.15) is 30.6 Å². The van der Waals surface area contributed by atoms with Gasteiger partial charge in [0.15, 0.2) is 5.34 Å². The Morgan fingerprint density at radius 2 is 1.92 bits per heavy atom. The number of carbonyl (C=O) groups is 2. The van der Waals surface area contributed by atoms with E-state index in [-0.39, 0.29) is 69.4 Å². The van der Waals surface area contributed by atoms with E-state index < -0.39 is 30.6 Å². The van der Waals surface area contributed by atoms with Gasteiger partial charge in [-0.1, -0.05) is 55.2 Å². The summed E-state index contributed by atoms with van der Waals surface area (Å²) in [5.74, 6) is 5.84. The second-order valence-electron chi connectivity index (χ2n) is 11.2. The Balaban J connectivity index is 1.71. The van der Waals surface area contributed by atoms with Crippen LogP contribution in [0.3, 0.4) is 0 Å². The minimum atomic E-state index is -4.53. The van der Waals surface area contributed by atoms with Gasteiger partial charge >= 0.3 is 7.60 Å². The first kappa shape index (κ1) is 46.0. The van der Waals surface area contributed by atoms with Gasteiger partial charge in [-0.15, -0.1) is 0 Å². The van der Waals surface area contributed by atoms with E-state index in [1.807, 2.05) is 12.5 Å². The second-order valence-corrected chi connectivity index (χ2v) is 18.6. The normalized spacial score (nSPS) is 18.7. The van der Waals surface area contributed by atoms with Crippen molar-refractivity contribution in [2.45, 2.75) is 54.7 Å². The number of aliphatic hydroxyl groups excluding tert-OH is 1. The molecule has 51 heavy (non-hydrogen) atoms. The highest BCUT2D eigenvalue weighted by Crippen LogP contribution is 2.51. The highest BCUT2D eigenvalue weighted by molar-refractivity contribution is 8.76. The number of amides is 2. The third-order valence-electron chi connectivity index (χ3n) is 6.97. The average molecular weight is 814 g/mol. The summed E-state index contributed by atoms with van der Waals surface area (Å²) in [5.41, 5.74) is 5.09. The molecule has 1 aliphatic heterocycles. The summed E-state index contributed by atoms with van der Waals surface area (Å²) >= 11 is 0. The van der Waals surface area contributed by atoms with E-state index in [2.05, 4.69) is 22.4 Å². The SMILES string of the molecule is CSSC(COc1cccc(C(=O)NCCN)c1)OCCOCC(=O)NCC#CB[C@H]1C[C@@H](O[C@@H](CO)SSC)C(COC(C)(C)P(=O)(O)O)O1. The lowest BCUT2D eigenvalue weighted by Gasteiger charge is -2.29. The molecule has 1 fully saturated rings. The molecule has 15 nitrogen and oxygen atoms in total. The maximum Gasteiger partial charge on any atom is 0.356 e. The van der Waals surface area contributed by atoms with Gasteiger partial charge in [-0.25, -0.2) is 0 Å². The fourth-order valence-electron chi connectivity index (χ4n) is 4.23. The van der Waals surface area contributed by atoms with Crippen LogP contribution in [0.2, 0.25) is 0 Å². The largest absolute Gasteiger partial charge is 0.490 e. The standard InChI is InChI=1S/C30H49BN3O12PS4/c1-30(2,47(38,39)40)44-18-24-23(46-27(17-35)50-48-3)16-25(45-24)31-9-6-11-33-26(36)19-41-13-14-42-28(51-49-4)20-43-22-8-5-7-21(15-22)29(37)34-12-10-32/h5,7-8,15,23-25,27-28,31,35H,10-14,16-20,32H2,1-4H3,(H,33,36)(H,34,37)(H2,38,39,40)/t23-,24?,25-,27-,28?/m1/s1. The van der Waals surface area contributed by atoms with Crippen molar-refractivity contribution in [2.24, 2.45) is 5.73 Å². The van der Waals surface area contributed by atoms with Crippen molar-refractivity contribution in [3.63, 3.8) is 0 Å². The quantitative estimate of drug-likeness (QED) is 0.0205. The molecule has 21 heteroatoms. The highest BCUT2D eigenvalue weighted by atomic mass is 33.1. The Morgan fingerprint density at radius 3 is 2.61 bits per heavy atom. The molecule has 0 aliphatic carbocycles. The van der Waals surface area contributed by atoms with Gasteiger partial charge in [0.1, 0.15) is 35.9 Å². The minimum absolute atomic E-state index is 0.102. The fourth-order valence-corrected chi connectivity index (χ4v) is 7.36. The smallest absolute Gasteiger partial charge is 0.356 e. The van der Waals surface area contributed by atoms with Crippen LogP contribution in [-0.4, -0.2) is 140 Å². The highest BCUT2D eigenvalue weighted by Gasteiger charge is 2.43. The summed E-state index contributed by atoms with van der Waals surface area (Å²) in [4.78, 5) is 43.6. The van der Waals surface area contributed by atoms with E-state index in [0.29, 0.717) is 38.1 Å². The molecule has 0 saturated carbocycles. The number of nitrogens with two attached hydrogens (primary N) is 1. The molecule has 1 aromatic rings. The molecule has 0 bridgehead atoms. The fraction of sp³-hybridized carbons (Fsp3) is 0.667. The topological polar surface area (TPSA) is 217 Å².